The zero-order chi connectivity index (χ0) is 19.6. The Morgan fingerprint density at radius 1 is 1.07 bits per heavy atom. The van der Waals surface area contributed by atoms with Crippen molar-refractivity contribution in [3.63, 3.8) is 0 Å². The number of para-hydroxylation sites is 1. The van der Waals surface area contributed by atoms with Gasteiger partial charge in [-0.1, -0.05) is 55.5 Å². The highest BCUT2D eigenvalue weighted by molar-refractivity contribution is 6.25. The van der Waals surface area contributed by atoms with Crippen molar-refractivity contribution in [2.45, 2.75) is 38.6 Å². The molecule has 1 fully saturated rings. The summed E-state index contributed by atoms with van der Waals surface area (Å²) in [5.41, 5.74) is 5.70. The van der Waals surface area contributed by atoms with Gasteiger partial charge >= 0.3 is 0 Å². The van der Waals surface area contributed by atoms with E-state index < -0.39 is 0 Å². The van der Waals surface area contributed by atoms with E-state index in [0.29, 0.717) is 5.78 Å². The lowest BCUT2D eigenvalue weighted by Gasteiger charge is -2.54. The second-order valence-electron chi connectivity index (χ2n) is 8.79. The van der Waals surface area contributed by atoms with Crippen LogP contribution in [0, 0.1) is 5.41 Å². The summed E-state index contributed by atoms with van der Waals surface area (Å²) in [6, 6.07) is 19.2. The zero-order valence-corrected chi connectivity index (χ0v) is 16.9. The number of fused-ring (bicyclic) bond motifs is 3. The molecule has 2 aromatic carbocycles. The van der Waals surface area contributed by atoms with Gasteiger partial charge in [0.25, 0.3) is 0 Å². The van der Waals surface area contributed by atoms with E-state index in [1.807, 2.05) is 18.2 Å². The lowest BCUT2D eigenvalue weighted by atomic mass is 9.63. The predicted octanol–water partition coefficient (Wildman–Crippen LogP) is 5.31. The monoisotopic (exact) mass is 382 g/mol. The molecule has 1 aromatic heterocycles. The molecule has 3 heteroatoms. The number of nitrogens with zero attached hydrogens (tertiary/aromatic N) is 2. The Labute approximate surface area is 171 Å². The molecule has 0 bridgehead atoms. The molecule has 3 aromatic rings. The Hall–Kier alpha value is -2.65. The molecule has 3 nitrogen and oxygen atoms in total. The Morgan fingerprint density at radius 3 is 2.69 bits per heavy atom. The summed E-state index contributed by atoms with van der Waals surface area (Å²) in [5, 5.41) is 1.33. The minimum atomic E-state index is -0.293. The number of ketones is 1. The van der Waals surface area contributed by atoms with Gasteiger partial charge in [-0.2, -0.15) is 0 Å². The Bertz CT molecular complexity index is 1160. The summed E-state index contributed by atoms with van der Waals surface area (Å²) >= 11 is 0. The van der Waals surface area contributed by atoms with E-state index in [1.54, 1.807) is 0 Å². The molecule has 3 aliphatic heterocycles. The van der Waals surface area contributed by atoms with E-state index in [4.69, 9.17) is 0 Å². The van der Waals surface area contributed by atoms with Gasteiger partial charge in [0.15, 0.2) is 5.78 Å². The van der Waals surface area contributed by atoms with Crippen LogP contribution in [0.4, 0.5) is 0 Å². The number of carbonyl (C=O) groups is 1. The van der Waals surface area contributed by atoms with E-state index >= 15 is 0 Å². The maximum atomic E-state index is 14.2. The van der Waals surface area contributed by atoms with Crippen LogP contribution in [0.15, 0.2) is 54.6 Å². The van der Waals surface area contributed by atoms with Gasteiger partial charge in [-0.3, -0.25) is 9.69 Å². The fourth-order valence-electron chi connectivity index (χ4n) is 6.24. The topological polar surface area (TPSA) is 25.2 Å². The first kappa shape index (κ1) is 17.2. The average Bonchev–Trinajstić information content (AvgIpc) is 3.11. The predicted molar refractivity (Wildman–Crippen MR) is 118 cm³/mol. The highest BCUT2D eigenvalue weighted by Gasteiger charge is 2.56. The molecule has 0 unspecified atom stereocenters. The fraction of sp³-hybridized carbons (Fsp3) is 0.346. The lowest BCUT2D eigenvalue weighted by molar-refractivity contribution is -0.133. The molecule has 0 saturated carbocycles. The fourth-order valence-corrected chi connectivity index (χ4v) is 6.24. The first-order chi connectivity index (χ1) is 14.2. The Kier molecular flexibility index (Phi) is 3.67. The minimum Gasteiger partial charge on any atom is -0.308 e. The summed E-state index contributed by atoms with van der Waals surface area (Å²) in [7, 11) is 0. The summed E-state index contributed by atoms with van der Waals surface area (Å²) in [5.74, 6) is 0.334. The van der Waals surface area contributed by atoms with Gasteiger partial charge in [-0.15, -0.1) is 0 Å². The number of hydrogen-bond acceptors (Lipinski definition) is 2. The van der Waals surface area contributed by atoms with Crippen molar-refractivity contribution in [2.24, 2.45) is 5.41 Å². The quantitative estimate of drug-likeness (QED) is 0.561. The van der Waals surface area contributed by atoms with Crippen molar-refractivity contribution >= 4 is 28.5 Å². The van der Waals surface area contributed by atoms with Crippen LogP contribution in [0.25, 0.3) is 22.7 Å². The van der Waals surface area contributed by atoms with Crippen LogP contribution in [0.1, 0.15) is 49.0 Å². The van der Waals surface area contributed by atoms with Gasteiger partial charge in [0.05, 0.1) is 22.7 Å². The van der Waals surface area contributed by atoms with Crippen LogP contribution >= 0.6 is 0 Å². The number of Topliss-reactive ketones (excluding diaryl/α,β-unsaturated/α-hetero) is 1. The largest absolute Gasteiger partial charge is 0.308 e. The molecular weight excluding hydrogens is 356 g/mol. The number of piperidine rings is 1. The summed E-state index contributed by atoms with van der Waals surface area (Å²) in [6.07, 6.45) is 6.21. The van der Waals surface area contributed by atoms with Crippen molar-refractivity contribution < 1.29 is 4.79 Å². The van der Waals surface area contributed by atoms with Crippen molar-refractivity contribution in [2.75, 3.05) is 13.1 Å². The second-order valence-corrected chi connectivity index (χ2v) is 8.79. The normalized spacial score (nSPS) is 27.4. The summed E-state index contributed by atoms with van der Waals surface area (Å²) in [6.45, 7) is 4.39. The molecule has 1 saturated heterocycles. The van der Waals surface area contributed by atoms with Gasteiger partial charge in [0.2, 0.25) is 0 Å². The van der Waals surface area contributed by atoms with Crippen LogP contribution in [-0.2, 0) is 11.2 Å². The van der Waals surface area contributed by atoms with Crippen molar-refractivity contribution in [1.29, 1.82) is 0 Å². The molecule has 0 N–H and O–H groups in total. The third kappa shape index (κ3) is 2.20. The van der Waals surface area contributed by atoms with Crippen LogP contribution in [-0.4, -0.2) is 28.3 Å². The summed E-state index contributed by atoms with van der Waals surface area (Å²) < 4.78 is 2.32. The van der Waals surface area contributed by atoms with E-state index in [2.05, 4.69) is 58.9 Å². The van der Waals surface area contributed by atoms with Crippen LogP contribution in [0.5, 0.6) is 0 Å². The first-order valence-electron chi connectivity index (χ1n) is 10.9. The van der Waals surface area contributed by atoms with Crippen LogP contribution in [0.2, 0.25) is 0 Å². The molecule has 146 valence electrons. The molecular formula is C26H26N2O. The minimum absolute atomic E-state index is 0.220. The molecule has 29 heavy (non-hydrogen) atoms. The van der Waals surface area contributed by atoms with E-state index in [1.165, 1.54) is 22.2 Å². The van der Waals surface area contributed by atoms with Gasteiger partial charge in [-0.05, 0) is 55.5 Å². The lowest BCUT2D eigenvalue weighted by Crippen LogP contribution is -2.56. The standard InChI is InChI=1S/C26H26N2O/c1-2-26-14-8-15-27-16-13-20-19-11-6-7-12-21(19)28(23(20)24(26)27)22(25(26)29)17-18-9-4-3-5-10-18/h3-7,9-12,17,24H,2,8,13-16H2,1H3/b22-17-/t24-,26+/m1/s1. The van der Waals surface area contributed by atoms with E-state index in [-0.39, 0.29) is 11.5 Å². The van der Waals surface area contributed by atoms with Crippen molar-refractivity contribution in [3.8, 4) is 0 Å². The number of rotatable bonds is 2. The highest BCUT2D eigenvalue weighted by atomic mass is 16.1. The Morgan fingerprint density at radius 2 is 1.86 bits per heavy atom. The maximum Gasteiger partial charge on any atom is 0.187 e. The molecule has 0 aliphatic carbocycles. The van der Waals surface area contributed by atoms with Gasteiger partial charge in [0.1, 0.15) is 0 Å². The van der Waals surface area contributed by atoms with Gasteiger partial charge in [0, 0.05) is 17.6 Å². The summed E-state index contributed by atoms with van der Waals surface area (Å²) in [4.78, 5) is 16.8. The third-order valence-electron chi connectivity index (χ3n) is 7.54. The molecule has 4 heterocycles. The van der Waals surface area contributed by atoms with Crippen LogP contribution < -0.4 is 0 Å². The highest BCUT2D eigenvalue weighted by Crippen LogP contribution is 2.57. The number of hydrogen-bond donors (Lipinski definition) is 0. The van der Waals surface area contributed by atoms with Gasteiger partial charge in [-0.25, -0.2) is 0 Å². The van der Waals surface area contributed by atoms with E-state index in [0.717, 1.165) is 50.0 Å². The first-order valence-corrected chi connectivity index (χ1v) is 10.9. The Balaban J connectivity index is 1.73. The third-order valence-corrected chi connectivity index (χ3v) is 7.54. The number of allylic oxidation sites excluding steroid dienone is 1. The maximum absolute atomic E-state index is 14.2. The molecule has 2 atom stereocenters. The SMILES string of the molecule is CC[C@@]12CCCN3CCc4c(n(c5ccccc45)/C(=C\c4ccccc4)C1=O)[C@@H]32. The molecule has 0 spiro atoms. The molecule has 3 aliphatic rings. The number of aromatic nitrogens is 1. The van der Waals surface area contributed by atoms with Crippen molar-refractivity contribution in [3.05, 3.63) is 71.4 Å². The average molecular weight is 383 g/mol. The molecule has 0 radical (unpaired) electrons. The van der Waals surface area contributed by atoms with Crippen molar-refractivity contribution in [1.82, 2.24) is 9.47 Å². The molecule has 0 amide bonds. The van der Waals surface area contributed by atoms with Crippen LogP contribution in [0.3, 0.4) is 0 Å². The molecule has 6 rings (SSSR count). The van der Waals surface area contributed by atoms with E-state index in [9.17, 15) is 4.79 Å². The smallest absolute Gasteiger partial charge is 0.187 e. The second kappa shape index (κ2) is 6.17. The number of carbonyl (C=O) groups excluding carboxylic acids is 1. The number of benzene rings is 2. The zero-order valence-electron chi connectivity index (χ0n) is 16.9. The van der Waals surface area contributed by atoms with Gasteiger partial charge < -0.3 is 4.57 Å².